The van der Waals surface area contributed by atoms with E-state index in [1.165, 1.54) is 11.3 Å². The van der Waals surface area contributed by atoms with Gasteiger partial charge in [-0.3, -0.25) is 14.9 Å². The van der Waals surface area contributed by atoms with E-state index in [0.29, 0.717) is 11.5 Å². The van der Waals surface area contributed by atoms with Gasteiger partial charge in [0.05, 0.1) is 17.3 Å². The first-order valence-electron chi connectivity index (χ1n) is 8.84. The van der Waals surface area contributed by atoms with E-state index in [0.717, 1.165) is 43.3 Å². The molecule has 1 aliphatic heterocycles. The number of nitrogens with one attached hydrogen (secondary N) is 1. The molecule has 0 bridgehead atoms. The molecule has 5 heteroatoms. The zero-order valence-electron chi connectivity index (χ0n) is 14.4. The van der Waals surface area contributed by atoms with Gasteiger partial charge in [0, 0.05) is 30.4 Å². The van der Waals surface area contributed by atoms with Crippen LogP contribution in [0.5, 0.6) is 0 Å². The number of nitrogens with zero attached hydrogens (tertiary/aromatic N) is 3. The summed E-state index contributed by atoms with van der Waals surface area (Å²) < 4.78 is 0. The molecule has 25 heavy (non-hydrogen) atoms. The van der Waals surface area contributed by atoms with Gasteiger partial charge in [-0.15, -0.1) is 0 Å². The van der Waals surface area contributed by atoms with Gasteiger partial charge in [-0.1, -0.05) is 18.2 Å². The Kier molecular flexibility index (Phi) is 4.22. The molecule has 1 aromatic carbocycles. The van der Waals surface area contributed by atoms with Gasteiger partial charge in [0.25, 0.3) is 5.91 Å². The number of aromatic nitrogens is 3. The Morgan fingerprint density at radius 3 is 3.04 bits per heavy atom. The molecule has 4 rings (SSSR count). The predicted molar refractivity (Wildman–Crippen MR) is 97.4 cm³/mol. The molecule has 5 nitrogen and oxygen atoms in total. The van der Waals surface area contributed by atoms with E-state index in [1.54, 1.807) is 6.20 Å². The van der Waals surface area contributed by atoms with E-state index in [4.69, 9.17) is 0 Å². The highest BCUT2D eigenvalue weighted by Crippen LogP contribution is 2.24. The average Bonchev–Trinajstić information content (AvgIpc) is 3.05. The Labute approximate surface area is 147 Å². The minimum atomic E-state index is 0.0929. The molecule has 3 heterocycles. The number of piperidine rings is 1. The van der Waals surface area contributed by atoms with E-state index >= 15 is 0 Å². The molecule has 1 atom stereocenters. The number of fused-ring (bicyclic) bond motifs is 1. The van der Waals surface area contributed by atoms with Crippen molar-refractivity contribution in [1.29, 1.82) is 0 Å². The lowest BCUT2D eigenvalue weighted by atomic mass is 9.92. The van der Waals surface area contributed by atoms with Crippen LogP contribution >= 0.6 is 0 Å². The largest absolute Gasteiger partial charge is 0.338 e. The van der Waals surface area contributed by atoms with Gasteiger partial charge in [0.1, 0.15) is 0 Å². The predicted octanol–water partition coefficient (Wildman–Crippen LogP) is 3.36. The maximum atomic E-state index is 13.1. The van der Waals surface area contributed by atoms with Crippen molar-refractivity contribution in [2.24, 2.45) is 5.92 Å². The lowest BCUT2D eigenvalue weighted by Gasteiger charge is -2.33. The second-order valence-electron chi connectivity index (χ2n) is 6.88. The van der Waals surface area contributed by atoms with Gasteiger partial charge in [0.15, 0.2) is 0 Å². The maximum absolute atomic E-state index is 13.1. The summed E-state index contributed by atoms with van der Waals surface area (Å²) in [7, 11) is 0. The summed E-state index contributed by atoms with van der Waals surface area (Å²) >= 11 is 0. The SMILES string of the molecule is Cc1cn[nH]c1C[C@H]1CCCN(C(=O)c2cccc3cccnc23)C1. The monoisotopic (exact) mass is 334 g/mol. The van der Waals surface area contributed by atoms with Gasteiger partial charge in [-0.05, 0) is 49.8 Å². The van der Waals surface area contributed by atoms with Crippen molar-refractivity contribution in [2.75, 3.05) is 13.1 Å². The number of rotatable bonds is 3. The Hall–Kier alpha value is -2.69. The number of carbonyl (C=O) groups excluding carboxylic acids is 1. The number of likely N-dealkylation sites (tertiary alicyclic amines) is 1. The van der Waals surface area contributed by atoms with Gasteiger partial charge in [0.2, 0.25) is 0 Å². The van der Waals surface area contributed by atoms with Crippen LogP contribution in [0.1, 0.15) is 34.5 Å². The van der Waals surface area contributed by atoms with Crippen molar-refractivity contribution < 1.29 is 4.79 Å². The van der Waals surface area contributed by atoms with Crippen LogP contribution in [0.3, 0.4) is 0 Å². The third-order valence-electron chi connectivity index (χ3n) is 5.10. The number of hydrogen-bond acceptors (Lipinski definition) is 3. The molecule has 0 radical (unpaired) electrons. The summed E-state index contributed by atoms with van der Waals surface area (Å²) in [4.78, 5) is 19.5. The fourth-order valence-electron chi connectivity index (χ4n) is 3.73. The zero-order valence-corrected chi connectivity index (χ0v) is 14.4. The summed E-state index contributed by atoms with van der Waals surface area (Å²) in [6, 6.07) is 9.73. The van der Waals surface area contributed by atoms with Gasteiger partial charge < -0.3 is 4.90 Å². The van der Waals surface area contributed by atoms with Crippen molar-refractivity contribution in [3.05, 3.63) is 59.5 Å². The topological polar surface area (TPSA) is 61.9 Å². The molecule has 1 aliphatic rings. The van der Waals surface area contributed by atoms with Gasteiger partial charge in [-0.25, -0.2) is 0 Å². The molecule has 128 valence electrons. The summed E-state index contributed by atoms with van der Waals surface area (Å²) in [5.74, 6) is 0.565. The number of carbonyl (C=O) groups is 1. The van der Waals surface area contributed by atoms with Crippen LogP contribution in [-0.4, -0.2) is 39.1 Å². The van der Waals surface area contributed by atoms with E-state index in [9.17, 15) is 4.79 Å². The highest BCUT2D eigenvalue weighted by atomic mass is 16.2. The van der Waals surface area contributed by atoms with Crippen LogP contribution in [0.4, 0.5) is 0 Å². The van der Waals surface area contributed by atoms with Gasteiger partial charge in [-0.2, -0.15) is 5.10 Å². The summed E-state index contributed by atoms with van der Waals surface area (Å²) in [5.41, 5.74) is 3.88. The van der Waals surface area contributed by atoms with E-state index in [2.05, 4.69) is 22.1 Å². The highest BCUT2D eigenvalue weighted by Gasteiger charge is 2.26. The molecular weight excluding hydrogens is 312 g/mol. The first-order valence-corrected chi connectivity index (χ1v) is 8.84. The molecule has 3 aromatic rings. The Morgan fingerprint density at radius 1 is 1.32 bits per heavy atom. The minimum absolute atomic E-state index is 0.0929. The number of aromatic amines is 1. The van der Waals surface area contributed by atoms with Crippen molar-refractivity contribution in [1.82, 2.24) is 20.1 Å². The molecule has 2 aromatic heterocycles. The number of hydrogen-bond donors (Lipinski definition) is 1. The lowest BCUT2D eigenvalue weighted by molar-refractivity contribution is 0.0674. The van der Waals surface area contributed by atoms with Crippen LogP contribution in [0.2, 0.25) is 0 Å². The van der Waals surface area contributed by atoms with E-state index < -0.39 is 0 Å². The lowest BCUT2D eigenvalue weighted by Crippen LogP contribution is -2.40. The third kappa shape index (κ3) is 3.14. The zero-order chi connectivity index (χ0) is 17.2. The van der Waals surface area contributed by atoms with Crippen molar-refractivity contribution in [2.45, 2.75) is 26.2 Å². The van der Waals surface area contributed by atoms with Crippen molar-refractivity contribution >= 4 is 16.8 Å². The van der Waals surface area contributed by atoms with Crippen LogP contribution in [-0.2, 0) is 6.42 Å². The summed E-state index contributed by atoms with van der Waals surface area (Å²) in [6.07, 6.45) is 6.75. The third-order valence-corrected chi connectivity index (χ3v) is 5.10. The van der Waals surface area contributed by atoms with E-state index in [1.807, 2.05) is 41.4 Å². The molecule has 0 aliphatic carbocycles. The number of pyridine rings is 1. The standard InChI is InChI=1S/C20H22N4O/c1-14-12-22-23-18(14)11-15-5-4-10-24(13-15)20(25)17-8-2-6-16-7-3-9-21-19(16)17/h2-3,6-9,12,15H,4-5,10-11,13H2,1H3,(H,22,23)/t15-/m1/s1. The molecule has 0 saturated carbocycles. The first-order chi connectivity index (χ1) is 12.2. The Morgan fingerprint density at radius 2 is 2.20 bits per heavy atom. The molecule has 0 unspecified atom stereocenters. The Balaban J connectivity index is 1.54. The maximum Gasteiger partial charge on any atom is 0.256 e. The smallest absolute Gasteiger partial charge is 0.256 e. The number of H-pyrrole nitrogens is 1. The quantitative estimate of drug-likeness (QED) is 0.799. The summed E-state index contributed by atoms with van der Waals surface area (Å²) in [5, 5.41) is 8.21. The fraction of sp³-hybridized carbons (Fsp3) is 0.350. The second kappa shape index (κ2) is 6.67. The van der Waals surface area contributed by atoms with Crippen LogP contribution < -0.4 is 0 Å². The molecule has 1 amide bonds. The molecule has 1 N–H and O–H groups in total. The number of benzene rings is 1. The van der Waals surface area contributed by atoms with Crippen LogP contribution in [0.15, 0.2) is 42.7 Å². The van der Waals surface area contributed by atoms with E-state index in [-0.39, 0.29) is 5.91 Å². The first kappa shape index (κ1) is 15.8. The number of para-hydroxylation sites is 1. The summed E-state index contributed by atoms with van der Waals surface area (Å²) in [6.45, 7) is 3.69. The minimum Gasteiger partial charge on any atom is -0.338 e. The fourth-order valence-corrected chi connectivity index (χ4v) is 3.73. The second-order valence-corrected chi connectivity index (χ2v) is 6.88. The molecule has 0 spiro atoms. The Bertz CT molecular complexity index is 896. The normalized spacial score (nSPS) is 17.8. The molecule has 1 saturated heterocycles. The molecule has 1 fully saturated rings. The average molecular weight is 334 g/mol. The van der Waals surface area contributed by atoms with Gasteiger partial charge >= 0.3 is 0 Å². The number of amides is 1. The van der Waals surface area contributed by atoms with Crippen LogP contribution in [0.25, 0.3) is 10.9 Å². The van der Waals surface area contributed by atoms with Crippen molar-refractivity contribution in [3.63, 3.8) is 0 Å². The van der Waals surface area contributed by atoms with Crippen LogP contribution in [0, 0.1) is 12.8 Å². The number of aryl methyl sites for hydroxylation is 1. The van der Waals surface area contributed by atoms with Crippen molar-refractivity contribution in [3.8, 4) is 0 Å². The molecular formula is C20H22N4O. The highest BCUT2D eigenvalue weighted by molar-refractivity contribution is 6.05.